The second-order valence-corrected chi connectivity index (χ2v) is 4.13. The van der Waals surface area contributed by atoms with Crippen LogP contribution in [0, 0.1) is 0 Å². The summed E-state index contributed by atoms with van der Waals surface area (Å²) in [5, 5.41) is 3.37. The number of piperidine rings is 1. The van der Waals surface area contributed by atoms with Crippen LogP contribution in [-0.4, -0.2) is 38.5 Å². The monoisotopic (exact) mass is 221 g/mol. The van der Waals surface area contributed by atoms with Gasteiger partial charge in [-0.3, -0.25) is 0 Å². The summed E-state index contributed by atoms with van der Waals surface area (Å²) in [6.07, 6.45) is 4.86. The van der Waals surface area contributed by atoms with Crippen molar-refractivity contribution in [1.29, 1.82) is 0 Å². The number of halogens is 1. The Morgan fingerprint density at radius 1 is 1.36 bits per heavy atom. The zero-order valence-electron chi connectivity index (χ0n) is 8.75. The molecule has 2 saturated heterocycles. The fourth-order valence-corrected chi connectivity index (χ4v) is 2.41. The standard InChI is InChI=1S/C10H19NO2.ClH/c1-12-9-2-7-13-10(8-9)3-5-11-6-4-10;/h9,11H,2-8H2,1H3;1H. The highest BCUT2D eigenvalue weighted by molar-refractivity contribution is 5.85. The Morgan fingerprint density at radius 3 is 2.71 bits per heavy atom. The van der Waals surface area contributed by atoms with Crippen LogP contribution in [0.25, 0.3) is 0 Å². The summed E-state index contributed by atoms with van der Waals surface area (Å²) in [7, 11) is 1.81. The van der Waals surface area contributed by atoms with Crippen LogP contribution in [0.4, 0.5) is 0 Å². The van der Waals surface area contributed by atoms with Crippen molar-refractivity contribution in [1.82, 2.24) is 5.32 Å². The molecule has 1 atom stereocenters. The van der Waals surface area contributed by atoms with Gasteiger partial charge in [0.2, 0.25) is 0 Å². The summed E-state index contributed by atoms with van der Waals surface area (Å²) in [6, 6.07) is 0. The third-order valence-electron chi connectivity index (χ3n) is 3.30. The molecule has 0 amide bonds. The van der Waals surface area contributed by atoms with E-state index in [0.717, 1.165) is 45.4 Å². The molecule has 1 spiro atoms. The molecule has 3 nitrogen and oxygen atoms in total. The first-order valence-electron chi connectivity index (χ1n) is 5.22. The minimum Gasteiger partial charge on any atom is -0.381 e. The van der Waals surface area contributed by atoms with Gasteiger partial charge in [-0.2, -0.15) is 0 Å². The number of nitrogens with one attached hydrogen (secondary N) is 1. The molecule has 1 N–H and O–H groups in total. The number of hydrogen-bond acceptors (Lipinski definition) is 3. The van der Waals surface area contributed by atoms with Crippen LogP contribution >= 0.6 is 12.4 Å². The van der Waals surface area contributed by atoms with E-state index in [1.54, 1.807) is 0 Å². The zero-order valence-corrected chi connectivity index (χ0v) is 9.57. The molecule has 0 aromatic carbocycles. The van der Waals surface area contributed by atoms with E-state index in [9.17, 15) is 0 Å². The maximum atomic E-state index is 5.92. The van der Waals surface area contributed by atoms with Gasteiger partial charge in [0, 0.05) is 20.1 Å². The summed E-state index contributed by atoms with van der Waals surface area (Å²) >= 11 is 0. The maximum absolute atomic E-state index is 5.92. The molecule has 14 heavy (non-hydrogen) atoms. The van der Waals surface area contributed by atoms with E-state index in [4.69, 9.17) is 9.47 Å². The lowest BCUT2D eigenvalue weighted by Gasteiger charge is -2.43. The van der Waals surface area contributed by atoms with Crippen LogP contribution in [0.3, 0.4) is 0 Å². The predicted molar refractivity (Wildman–Crippen MR) is 58.1 cm³/mol. The third kappa shape index (κ3) is 2.60. The molecular formula is C10H20ClNO2. The summed E-state index contributed by atoms with van der Waals surface area (Å²) in [5.41, 5.74) is 0.143. The number of methoxy groups -OCH3 is 1. The third-order valence-corrected chi connectivity index (χ3v) is 3.30. The van der Waals surface area contributed by atoms with Crippen molar-refractivity contribution in [3.63, 3.8) is 0 Å². The van der Waals surface area contributed by atoms with Gasteiger partial charge in [-0.05, 0) is 32.4 Å². The van der Waals surface area contributed by atoms with E-state index in [0.29, 0.717) is 6.10 Å². The molecule has 0 saturated carbocycles. The smallest absolute Gasteiger partial charge is 0.0731 e. The summed E-state index contributed by atoms with van der Waals surface area (Å²) in [5.74, 6) is 0. The summed E-state index contributed by atoms with van der Waals surface area (Å²) in [6.45, 7) is 3.06. The first-order valence-corrected chi connectivity index (χ1v) is 5.22. The highest BCUT2D eigenvalue weighted by Crippen LogP contribution is 2.33. The lowest BCUT2D eigenvalue weighted by atomic mass is 9.84. The summed E-state index contributed by atoms with van der Waals surface area (Å²) in [4.78, 5) is 0. The zero-order chi connectivity index (χ0) is 9.15. The average molecular weight is 222 g/mol. The van der Waals surface area contributed by atoms with E-state index in [1.807, 2.05) is 7.11 Å². The van der Waals surface area contributed by atoms with E-state index < -0.39 is 0 Å². The molecular weight excluding hydrogens is 202 g/mol. The Morgan fingerprint density at radius 2 is 2.07 bits per heavy atom. The van der Waals surface area contributed by atoms with Crippen LogP contribution in [0.1, 0.15) is 25.7 Å². The summed E-state index contributed by atoms with van der Waals surface area (Å²) < 4.78 is 11.3. The molecule has 0 aromatic heterocycles. The average Bonchev–Trinajstić information content (AvgIpc) is 2.19. The molecule has 0 radical (unpaired) electrons. The van der Waals surface area contributed by atoms with Crippen LogP contribution in [0.2, 0.25) is 0 Å². The van der Waals surface area contributed by atoms with Gasteiger partial charge in [-0.15, -0.1) is 12.4 Å². The van der Waals surface area contributed by atoms with Gasteiger partial charge in [-0.1, -0.05) is 0 Å². The Balaban J connectivity index is 0.000000980. The lowest BCUT2D eigenvalue weighted by Crippen LogP contribution is -2.49. The van der Waals surface area contributed by atoms with E-state index in [1.165, 1.54) is 0 Å². The first kappa shape index (κ1) is 12.2. The van der Waals surface area contributed by atoms with Gasteiger partial charge >= 0.3 is 0 Å². The largest absolute Gasteiger partial charge is 0.381 e. The van der Waals surface area contributed by atoms with Crippen molar-refractivity contribution in [2.24, 2.45) is 0 Å². The highest BCUT2D eigenvalue weighted by Gasteiger charge is 2.38. The molecule has 4 heteroatoms. The van der Waals surface area contributed by atoms with E-state index in [2.05, 4.69) is 5.32 Å². The number of hydrogen-bond donors (Lipinski definition) is 1. The SMILES string of the molecule is COC1CCOC2(CCNCC2)C1.Cl. The Labute approximate surface area is 91.9 Å². The normalized spacial score (nSPS) is 31.1. The van der Waals surface area contributed by atoms with Crippen molar-refractivity contribution in [3.05, 3.63) is 0 Å². The fraction of sp³-hybridized carbons (Fsp3) is 1.00. The Bertz CT molecular complexity index is 166. The van der Waals surface area contributed by atoms with Crippen molar-refractivity contribution in [2.75, 3.05) is 26.8 Å². The quantitative estimate of drug-likeness (QED) is 0.725. The van der Waals surface area contributed by atoms with Crippen LogP contribution < -0.4 is 5.32 Å². The van der Waals surface area contributed by atoms with Crippen molar-refractivity contribution < 1.29 is 9.47 Å². The molecule has 2 aliphatic rings. The van der Waals surface area contributed by atoms with Gasteiger partial charge in [0.05, 0.1) is 11.7 Å². The lowest BCUT2D eigenvalue weighted by molar-refractivity contribution is -0.138. The fourth-order valence-electron chi connectivity index (χ4n) is 2.41. The van der Waals surface area contributed by atoms with Gasteiger partial charge in [0.1, 0.15) is 0 Å². The van der Waals surface area contributed by atoms with Crippen molar-refractivity contribution in [3.8, 4) is 0 Å². The molecule has 2 rings (SSSR count). The van der Waals surface area contributed by atoms with Crippen LogP contribution in [0.5, 0.6) is 0 Å². The molecule has 2 heterocycles. The minimum atomic E-state index is 0. The predicted octanol–water partition coefficient (Wildman–Crippen LogP) is 1.36. The molecule has 0 aliphatic carbocycles. The maximum Gasteiger partial charge on any atom is 0.0731 e. The van der Waals surface area contributed by atoms with Gasteiger partial charge in [0.25, 0.3) is 0 Å². The van der Waals surface area contributed by atoms with E-state index >= 15 is 0 Å². The molecule has 2 fully saturated rings. The van der Waals surface area contributed by atoms with Gasteiger partial charge in [-0.25, -0.2) is 0 Å². The van der Waals surface area contributed by atoms with Gasteiger partial charge < -0.3 is 14.8 Å². The minimum absolute atomic E-state index is 0. The molecule has 0 bridgehead atoms. The molecule has 2 aliphatic heterocycles. The van der Waals surface area contributed by atoms with Crippen molar-refractivity contribution >= 4 is 12.4 Å². The topological polar surface area (TPSA) is 30.5 Å². The first-order chi connectivity index (χ1) is 6.35. The van der Waals surface area contributed by atoms with Crippen molar-refractivity contribution in [2.45, 2.75) is 37.4 Å². The van der Waals surface area contributed by atoms with E-state index in [-0.39, 0.29) is 18.0 Å². The number of ether oxygens (including phenoxy) is 2. The molecule has 84 valence electrons. The second kappa shape index (κ2) is 5.31. The van der Waals surface area contributed by atoms with Crippen LogP contribution in [0.15, 0.2) is 0 Å². The molecule has 1 unspecified atom stereocenters. The Hall–Kier alpha value is 0.170. The highest BCUT2D eigenvalue weighted by atomic mass is 35.5. The van der Waals surface area contributed by atoms with Gasteiger partial charge in [0.15, 0.2) is 0 Å². The number of rotatable bonds is 1. The second-order valence-electron chi connectivity index (χ2n) is 4.13. The Kier molecular flexibility index (Phi) is 4.64. The van der Waals surface area contributed by atoms with Crippen LogP contribution in [-0.2, 0) is 9.47 Å². The molecule has 0 aromatic rings.